The quantitative estimate of drug-likeness (QED) is 0.478. The lowest BCUT2D eigenvalue weighted by atomic mass is 10.1. The van der Waals surface area contributed by atoms with E-state index in [4.69, 9.17) is 11.5 Å². The molecule has 1 heterocycles. The van der Waals surface area contributed by atoms with Gasteiger partial charge in [-0.25, -0.2) is 0 Å². The molecular formula is C13H19N5. The van der Waals surface area contributed by atoms with Crippen molar-refractivity contribution in [2.75, 3.05) is 18.0 Å². The molecule has 0 aliphatic carbocycles. The fourth-order valence-corrected chi connectivity index (χ4v) is 2.18. The minimum absolute atomic E-state index is 0.0262. The summed E-state index contributed by atoms with van der Waals surface area (Å²) in [5.41, 5.74) is 12.7. The monoisotopic (exact) mass is 245 g/mol. The van der Waals surface area contributed by atoms with Crippen LogP contribution < -0.4 is 16.4 Å². The van der Waals surface area contributed by atoms with Crippen LogP contribution in [0.4, 0.5) is 5.69 Å². The molecule has 0 saturated carbocycles. The maximum Gasteiger partial charge on any atom is 0.211 e. The van der Waals surface area contributed by atoms with Crippen LogP contribution in [0.3, 0.4) is 0 Å². The average Bonchev–Trinajstić information content (AvgIpc) is 2.40. The molecule has 2 rings (SSSR count). The normalized spacial score (nSPS) is 15.9. The number of piperidine rings is 1. The third kappa shape index (κ3) is 3.23. The number of para-hydroxylation sites is 1. The van der Waals surface area contributed by atoms with Crippen molar-refractivity contribution in [2.24, 2.45) is 21.7 Å². The van der Waals surface area contributed by atoms with E-state index < -0.39 is 0 Å². The minimum atomic E-state index is -0.0262. The Balaban J connectivity index is 2.19. The lowest BCUT2D eigenvalue weighted by molar-refractivity contribution is 0.578. The molecular weight excluding hydrogens is 226 g/mol. The second kappa shape index (κ2) is 6.05. The van der Waals surface area contributed by atoms with Crippen LogP contribution in [-0.4, -0.2) is 25.3 Å². The minimum Gasteiger partial charge on any atom is -0.371 e. The van der Waals surface area contributed by atoms with Crippen LogP contribution in [0, 0.1) is 0 Å². The van der Waals surface area contributed by atoms with Gasteiger partial charge in [0, 0.05) is 24.3 Å². The fraction of sp³-hybridized carbons (Fsp3) is 0.385. The first-order chi connectivity index (χ1) is 8.77. The molecule has 5 nitrogen and oxygen atoms in total. The van der Waals surface area contributed by atoms with Crippen molar-refractivity contribution in [3.05, 3.63) is 29.8 Å². The number of benzene rings is 1. The van der Waals surface area contributed by atoms with E-state index in [2.05, 4.69) is 21.2 Å². The van der Waals surface area contributed by atoms with Crippen LogP contribution in [0.1, 0.15) is 24.8 Å². The predicted molar refractivity (Wildman–Crippen MR) is 75.9 cm³/mol. The van der Waals surface area contributed by atoms with E-state index in [-0.39, 0.29) is 5.96 Å². The zero-order valence-corrected chi connectivity index (χ0v) is 10.4. The summed E-state index contributed by atoms with van der Waals surface area (Å²) >= 11 is 0. The highest BCUT2D eigenvalue weighted by atomic mass is 15.3. The number of rotatable bonds is 3. The fourth-order valence-electron chi connectivity index (χ4n) is 2.18. The molecule has 1 fully saturated rings. The molecule has 0 unspecified atom stereocenters. The zero-order valence-electron chi connectivity index (χ0n) is 10.4. The summed E-state index contributed by atoms with van der Waals surface area (Å²) in [5.74, 6) is -0.0262. The first-order valence-electron chi connectivity index (χ1n) is 6.23. The van der Waals surface area contributed by atoms with Crippen molar-refractivity contribution in [3.8, 4) is 0 Å². The third-order valence-corrected chi connectivity index (χ3v) is 3.00. The van der Waals surface area contributed by atoms with Gasteiger partial charge >= 0.3 is 0 Å². The van der Waals surface area contributed by atoms with Crippen molar-refractivity contribution in [1.29, 1.82) is 0 Å². The van der Waals surface area contributed by atoms with Crippen molar-refractivity contribution >= 4 is 17.9 Å². The summed E-state index contributed by atoms with van der Waals surface area (Å²) in [7, 11) is 0. The molecule has 96 valence electrons. The van der Waals surface area contributed by atoms with Crippen molar-refractivity contribution in [1.82, 2.24) is 0 Å². The second-order valence-corrected chi connectivity index (χ2v) is 4.38. The van der Waals surface area contributed by atoms with Gasteiger partial charge in [-0.15, -0.1) is 5.10 Å². The molecule has 1 aromatic rings. The Kier molecular flexibility index (Phi) is 4.17. The van der Waals surface area contributed by atoms with Gasteiger partial charge in [0.05, 0.1) is 6.21 Å². The molecule has 0 spiro atoms. The Labute approximate surface area is 107 Å². The zero-order chi connectivity index (χ0) is 12.8. The Hall–Kier alpha value is -2.04. The van der Waals surface area contributed by atoms with Crippen LogP contribution in [0.5, 0.6) is 0 Å². The van der Waals surface area contributed by atoms with Crippen LogP contribution in [-0.2, 0) is 0 Å². The number of nitrogens with two attached hydrogens (primary N) is 2. The Morgan fingerprint density at radius 2 is 1.83 bits per heavy atom. The Bertz CT molecular complexity index is 442. The van der Waals surface area contributed by atoms with E-state index in [1.807, 2.05) is 18.2 Å². The smallest absolute Gasteiger partial charge is 0.211 e. The molecule has 4 N–H and O–H groups in total. The predicted octanol–water partition coefficient (Wildman–Crippen LogP) is 1.28. The van der Waals surface area contributed by atoms with Crippen LogP contribution >= 0.6 is 0 Å². The molecule has 1 aromatic carbocycles. The second-order valence-electron chi connectivity index (χ2n) is 4.38. The number of anilines is 1. The van der Waals surface area contributed by atoms with Gasteiger partial charge in [0.15, 0.2) is 0 Å². The molecule has 5 heteroatoms. The summed E-state index contributed by atoms with van der Waals surface area (Å²) in [5, 5.41) is 7.51. The van der Waals surface area contributed by atoms with Gasteiger partial charge < -0.3 is 16.4 Å². The van der Waals surface area contributed by atoms with Gasteiger partial charge in [0.2, 0.25) is 5.96 Å². The maximum atomic E-state index is 5.24. The molecule has 1 aliphatic rings. The molecule has 0 bridgehead atoms. The summed E-state index contributed by atoms with van der Waals surface area (Å²) in [6.45, 7) is 2.21. The van der Waals surface area contributed by atoms with Crippen molar-refractivity contribution < 1.29 is 0 Å². The molecule has 0 radical (unpaired) electrons. The molecule has 1 saturated heterocycles. The molecule has 0 amide bonds. The van der Waals surface area contributed by atoms with Crippen LogP contribution in [0.15, 0.2) is 34.5 Å². The lowest BCUT2D eigenvalue weighted by Crippen LogP contribution is -2.30. The van der Waals surface area contributed by atoms with Crippen molar-refractivity contribution in [3.63, 3.8) is 0 Å². The van der Waals surface area contributed by atoms with Gasteiger partial charge in [0.25, 0.3) is 0 Å². The van der Waals surface area contributed by atoms with Gasteiger partial charge in [0.1, 0.15) is 0 Å². The number of hydrogen-bond donors (Lipinski definition) is 2. The third-order valence-electron chi connectivity index (χ3n) is 3.00. The number of hydrogen-bond acceptors (Lipinski definition) is 3. The highest BCUT2D eigenvalue weighted by Crippen LogP contribution is 2.22. The summed E-state index contributed by atoms with van der Waals surface area (Å²) in [6.07, 6.45) is 5.52. The number of nitrogens with zero attached hydrogens (tertiary/aromatic N) is 3. The molecule has 0 aromatic heterocycles. The van der Waals surface area contributed by atoms with Crippen molar-refractivity contribution in [2.45, 2.75) is 19.3 Å². The first-order valence-corrected chi connectivity index (χ1v) is 6.23. The largest absolute Gasteiger partial charge is 0.371 e. The van der Waals surface area contributed by atoms with E-state index in [0.717, 1.165) is 18.7 Å². The van der Waals surface area contributed by atoms with E-state index in [1.54, 1.807) is 6.21 Å². The standard InChI is InChI=1S/C13H19N5/c14-13(15)17-16-10-11-6-2-3-7-12(11)18-8-4-1-5-9-18/h2-3,6-7,10H,1,4-5,8-9H2,(H4,14,15,17). The average molecular weight is 245 g/mol. The molecule has 18 heavy (non-hydrogen) atoms. The summed E-state index contributed by atoms with van der Waals surface area (Å²) < 4.78 is 0. The number of guanidine groups is 1. The van der Waals surface area contributed by atoms with Gasteiger partial charge in [-0.05, 0) is 25.3 Å². The summed E-state index contributed by atoms with van der Waals surface area (Å²) in [4.78, 5) is 2.39. The topological polar surface area (TPSA) is 80.0 Å². The van der Waals surface area contributed by atoms with Crippen LogP contribution in [0.2, 0.25) is 0 Å². The van der Waals surface area contributed by atoms with E-state index in [9.17, 15) is 0 Å². The Morgan fingerprint density at radius 1 is 1.11 bits per heavy atom. The summed E-state index contributed by atoms with van der Waals surface area (Å²) in [6, 6.07) is 8.17. The SMILES string of the molecule is NC(N)=NN=Cc1ccccc1N1CCCCC1. The van der Waals surface area contributed by atoms with Gasteiger partial charge in [-0.2, -0.15) is 5.10 Å². The lowest BCUT2D eigenvalue weighted by Gasteiger charge is -2.29. The van der Waals surface area contributed by atoms with Gasteiger partial charge in [-0.1, -0.05) is 18.2 Å². The Morgan fingerprint density at radius 3 is 2.56 bits per heavy atom. The molecule has 0 atom stereocenters. The van der Waals surface area contributed by atoms with E-state index in [1.165, 1.54) is 24.9 Å². The first kappa shape index (κ1) is 12.4. The van der Waals surface area contributed by atoms with Crippen LogP contribution in [0.25, 0.3) is 0 Å². The van der Waals surface area contributed by atoms with E-state index >= 15 is 0 Å². The maximum absolute atomic E-state index is 5.24. The van der Waals surface area contributed by atoms with E-state index in [0.29, 0.717) is 0 Å². The van der Waals surface area contributed by atoms with Gasteiger partial charge in [-0.3, -0.25) is 0 Å². The highest BCUT2D eigenvalue weighted by Gasteiger charge is 2.12. The highest BCUT2D eigenvalue weighted by molar-refractivity contribution is 5.88. The molecule has 1 aliphatic heterocycles.